The van der Waals surface area contributed by atoms with Gasteiger partial charge in [0.1, 0.15) is 22.1 Å². The minimum Gasteiger partial charge on any atom is -0.870 e. The molecular weight excluding hydrogens is 1160 g/mol. The number of hydrogen-bond acceptors (Lipinski definition) is 18. The van der Waals surface area contributed by atoms with Gasteiger partial charge in [0, 0.05) is 40.2 Å². The number of nitrogens with one attached hydrogen (secondary N) is 6. The third-order valence-corrected chi connectivity index (χ3v) is 15.9. The smallest absolute Gasteiger partial charge is 0.870 e. The van der Waals surface area contributed by atoms with Gasteiger partial charge in [-0.15, -0.1) is 45.3 Å². The molecular formula is C53H56N8NaO12S6-. The van der Waals surface area contributed by atoms with Gasteiger partial charge in [0.15, 0.2) is 0 Å². The molecule has 8 N–H and O–H groups in total. The molecule has 8 rings (SSSR count). The van der Waals surface area contributed by atoms with E-state index >= 15 is 0 Å². The van der Waals surface area contributed by atoms with Crippen LogP contribution in [0.2, 0.25) is 0 Å². The molecule has 0 saturated heterocycles. The molecule has 0 aliphatic rings. The molecule has 0 spiro atoms. The Balaban J connectivity index is 0.000000332. The number of hydrogen-bond donors (Lipinski definition) is 7. The van der Waals surface area contributed by atoms with Gasteiger partial charge in [0.2, 0.25) is 11.8 Å². The summed E-state index contributed by atoms with van der Waals surface area (Å²) in [5, 5.41) is 20.7. The Morgan fingerprint density at radius 3 is 1.29 bits per heavy atom. The number of thiophene rings is 2. The molecule has 0 radical (unpaired) electrons. The largest absolute Gasteiger partial charge is 1.00 e. The number of aromatic nitrogens is 2. The third kappa shape index (κ3) is 20.8. The molecule has 20 nitrogen and oxygen atoms in total. The van der Waals surface area contributed by atoms with Crippen molar-refractivity contribution < 1.29 is 85.1 Å². The van der Waals surface area contributed by atoms with Crippen molar-refractivity contribution in [3.8, 4) is 19.8 Å². The van der Waals surface area contributed by atoms with E-state index in [1.54, 1.807) is 59.1 Å². The first-order valence-electron chi connectivity index (χ1n) is 23.3. The molecule has 4 atom stereocenters. The number of thiazole rings is 2. The standard InChI is InChI=1S/C26H26N4O6S3.C26H25N4O5S3.CH4.Na.H2O/c1-36-26(32)29-21(15-17-6-3-2-4-7-17)24(31)27-20(22-16-38-25(28-22)23-8-5-13-37-23)14-18-9-11-19(12-10-18)30-39(33,34)35;1-35-26(32)29-21(15-17-6-3-2-4-7-17)24(31)27-20(14-18-9-11-19(12-10-18)30-38(33)34)22-16-37-25(28-22)23-8-5-13-36-23;;;/h2-13,16,20-21,30H,14-15H2,1H3,(H,27,31)(H,29,32)(H,33,34,35);2-13,16,20-21H,14-15H2,1H3,(H,27,31)(H,29,32)(H,30,33,34);1H4;;1H2/q;-1;;+1;/p-1/t2*20-,21+;;;/m11.../s1. The fourth-order valence-corrected chi connectivity index (χ4v) is 11.7. The summed E-state index contributed by atoms with van der Waals surface area (Å²) in [6.45, 7) is 0. The van der Waals surface area contributed by atoms with Gasteiger partial charge >= 0.3 is 52.0 Å². The van der Waals surface area contributed by atoms with Crippen LogP contribution in [0, 0.1) is 0 Å². The number of methoxy groups -OCH3 is 2. The molecule has 4 aromatic heterocycles. The summed E-state index contributed by atoms with van der Waals surface area (Å²) < 4.78 is 66.9. The number of anilines is 2. The number of nitrogens with zero attached hydrogens (tertiary/aromatic N) is 2. The maximum atomic E-state index is 13.5. The summed E-state index contributed by atoms with van der Waals surface area (Å²) in [7, 11) is -4.34. The zero-order chi connectivity index (χ0) is 54.7. The van der Waals surface area contributed by atoms with E-state index in [0.717, 1.165) is 42.0 Å². The van der Waals surface area contributed by atoms with E-state index in [9.17, 15) is 36.0 Å². The average molecular weight is 1210 g/mol. The van der Waals surface area contributed by atoms with Crippen LogP contribution < -0.4 is 60.3 Å². The van der Waals surface area contributed by atoms with Crippen molar-refractivity contribution in [1.82, 2.24) is 31.2 Å². The Morgan fingerprint density at radius 1 is 0.550 bits per heavy atom. The monoisotopic (exact) mass is 1210 g/mol. The fourth-order valence-electron chi connectivity index (χ4n) is 7.58. The maximum absolute atomic E-state index is 13.5. The summed E-state index contributed by atoms with van der Waals surface area (Å²) in [6, 6.07) is 37.0. The molecule has 4 aromatic carbocycles. The first-order valence-corrected chi connectivity index (χ1v) is 29.3. The number of carbonyl (C=O) groups excluding carboxylic acids is 4. The van der Waals surface area contributed by atoms with Crippen LogP contribution in [-0.4, -0.2) is 78.7 Å². The van der Waals surface area contributed by atoms with Crippen molar-refractivity contribution in [3.05, 3.63) is 189 Å². The number of amides is 4. The predicted octanol–water partition coefficient (Wildman–Crippen LogP) is 6.79. The van der Waals surface area contributed by atoms with Crippen molar-refractivity contribution in [2.45, 2.75) is 57.3 Å². The minimum atomic E-state index is -4.40. The van der Waals surface area contributed by atoms with E-state index in [4.69, 9.17) is 24.0 Å². The SMILES string of the molecule is C.COC(=O)N[C@@H](Cc1ccccc1)C(=O)N[C@H](Cc1ccc(NS(=O)(=O)O)cc1)c1csc(-c2cccs2)n1.COC(=O)N[C@@H](Cc1ccccc1)C(=O)N[C@H](Cc1ccc(N[S-](=O)=O)cc1)c1csc(-c2cccs2)n1.[Na+].[OH-]. The van der Waals surface area contributed by atoms with Crippen LogP contribution >= 0.6 is 45.3 Å². The summed E-state index contributed by atoms with van der Waals surface area (Å²) in [5.74, 6) is -0.792. The van der Waals surface area contributed by atoms with E-state index in [-0.39, 0.29) is 66.9 Å². The second kappa shape index (κ2) is 32.6. The Bertz CT molecular complexity index is 3360. The van der Waals surface area contributed by atoms with Crippen LogP contribution in [0.15, 0.2) is 155 Å². The maximum Gasteiger partial charge on any atom is 1.00 e. The Hall–Kier alpha value is -6.56. The van der Waals surface area contributed by atoms with Crippen molar-refractivity contribution in [2.75, 3.05) is 23.7 Å². The number of alkyl carbamates (subject to hydrolysis) is 2. The fraction of sp³-hybridized carbons (Fsp3) is 0.208. The quantitative estimate of drug-likeness (QED) is 0.0209. The van der Waals surface area contributed by atoms with Crippen LogP contribution in [0.1, 0.15) is 53.2 Å². The van der Waals surface area contributed by atoms with Crippen LogP contribution in [0.25, 0.3) is 19.8 Å². The Morgan fingerprint density at radius 2 is 0.938 bits per heavy atom. The third-order valence-electron chi connectivity index (χ3n) is 11.2. The molecule has 0 aliphatic heterocycles. The first kappa shape index (κ1) is 66.0. The van der Waals surface area contributed by atoms with E-state index in [0.29, 0.717) is 29.9 Å². The topological polar surface area (TPSA) is 303 Å². The predicted molar refractivity (Wildman–Crippen MR) is 308 cm³/mol. The number of carbonyl (C=O) groups is 4. The summed E-state index contributed by atoms with van der Waals surface area (Å²) in [5.41, 5.74) is 5.35. The molecule has 0 fully saturated rings. The zero-order valence-electron chi connectivity index (χ0n) is 42.5. The van der Waals surface area contributed by atoms with E-state index < -0.39 is 63.5 Å². The Kier molecular flexibility index (Phi) is 26.9. The van der Waals surface area contributed by atoms with E-state index in [1.165, 1.54) is 49.0 Å². The van der Waals surface area contributed by atoms with Crippen LogP contribution in [0.5, 0.6) is 0 Å². The average Bonchev–Trinajstić information content (AvgIpc) is 4.32. The van der Waals surface area contributed by atoms with Crippen LogP contribution in [0.4, 0.5) is 21.0 Å². The summed E-state index contributed by atoms with van der Waals surface area (Å²) >= 11 is 6.09. The van der Waals surface area contributed by atoms with Crippen molar-refractivity contribution in [2.24, 2.45) is 0 Å². The molecule has 8 aromatic rings. The molecule has 27 heteroatoms. The van der Waals surface area contributed by atoms with Crippen molar-refractivity contribution >= 4 is 102 Å². The first-order chi connectivity index (χ1) is 37.1. The van der Waals surface area contributed by atoms with Gasteiger partial charge < -0.3 is 49.4 Å². The molecule has 4 heterocycles. The Labute approximate surface area is 503 Å². The molecule has 0 bridgehead atoms. The second-order valence-corrected chi connectivity index (χ2v) is 22.1. The van der Waals surface area contributed by atoms with Gasteiger partial charge in [-0.25, -0.2) is 19.6 Å². The molecule has 418 valence electrons. The van der Waals surface area contributed by atoms with Crippen molar-refractivity contribution in [3.63, 3.8) is 0 Å². The molecule has 80 heavy (non-hydrogen) atoms. The number of ether oxygens (including phenoxy) is 2. The number of benzene rings is 4. The molecule has 4 amide bonds. The van der Waals surface area contributed by atoms with Gasteiger partial charge in [-0.2, -0.15) is 8.42 Å². The van der Waals surface area contributed by atoms with E-state index in [1.807, 2.05) is 111 Å². The molecule has 0 saturated carbocycles. The van der Waals surface area contributed by atoms with Gasteiger partial charge in [-0.1, -0.05) is 104 Å². The van der Waals surface area contributed by atoms with Crippen LogP contribution in [0.3, 0.4) is 0 Å². The summed E-state index contributed by atoms with van der Waals surface area (Å²) in [4.78, 5) is 62.7. The van der Waals surface area contributed by atoms with Gasteiger partial charge in [0.25, 0.3) is 0 Å². The zero-order valence-corrected chi connectivity index (χ0v) is 49.4. The molecule has 0 unspecified atom stereocenters. The minimum absolute atomic E-state index is 0. The summed E-state index contributed by atoms with van der Waals surface area (Å²) in [6.07, 6.45) is -0.165. The van der Waals surface area contributed by atoms with Gasteiger partial charge in [-0.05, 0) is 82.3 Å². The van der Waals surface area contributed by atoms with Crippen molar-refractivity contribution in [1.29, 1.82) is 0 Å². The molecule has 0 aliphatic carbocycles. The van der Waals surface area contributed by atoms with E-state index in [2.05, 4.69) is 26.0 Å². The van der Waals surface area contributed by atoms with Gasteiger partial charge in [-0.3, -0.25) is 18.9 Å². The number of rotatable bonds is 22. The second-order valence-electron chi connectivity index (χ2n) is 16.7. The van der Waals surface area contributed by atoms with Crippen LogP contribution in [-0.2, 0) is 74.4 Å². The normalized spacial score (nSPS) is 12.2. The van der Waals surface area contributed by atoms with Gasteiger partial charge in [0.05, 0.1) is 53.1 Å².